The number of aryl methyl sites for hydroxylation is 2. The minimum Gasteiger partial charge on any atom is -0.548 e. The Morgan fingerprint density at radius 3 is 2.92 bits per heavy atom. The normalized spacial score (nSPS) is 12.5. The lowest BCUT2D eigenvalue weighted by Crippen LogP contribution is -2.42. The maximum absolute atomic E-state index is 11.8. The van der Waals surface area contributed by atoms with E-state index in [-0.39, 0.29) is 0 Å². The minimum atomic E-state index is -1.16. The molecule has 0 radical (unpaired) electrons. The number of para-hydroxylation sites is 1. The molecule has 2 N–H and O–H groups in total. The van der Waals surface area contributed by atoms with Gasteiger partial charge in [0.15, 0.2) is 0 Å². The summed E-state index contributed by atoms with van der Waals surface area (Å²) in [6, 6.07) is 6.92. The lowest BCUT2D eigenvalue weighted by atomic mass is 10.0. The van der Waals surface area contributed by atoms with Crippen molar-refractivity contribution in [3.8, 4) is 0 Å². The number of nitrogens with one attached hydrogen (secondary N) is 2. The highest BCUT2D eigenvalue weighted by atomic mass is 32.1. The zero-order valence-corrected chi connectivity index (χ0v) is 15.2. The molecule has 0 aliphatic carbocycles. The zero-order chi connectivity index (χ0) is 18.3. The van der Waals surface area contributed by atoms with Crippen LogP contribution in [0.3, 0.4) is 0 Å². The predicted octanol–water partition coefficient (Wildman–Crippen LogP) is 2.56. The molecule has 0 aliphatic heterocycles. The largest absolute Gasteiger partial charge is 0.548 e. The van der Waals surface area contributed by atoms with E-state index in [4.69, 9.17) is 0 Å². The number of hydrogen-bond acceptors (Lipinski definition) is 6. The second kappa shape index (κ2) is 6.42. The Labute approximate surface area is 153 Å². The van der Waals surface area contributed by atoms with Crippen LogP contribution in [0.1, 0.15) is 16.0 Å². The monoisotopic (exact) mass is 365 g/mol. The highest BCUT2D eigenvalue weighted by molar-refractivity contribution is 7.18. The van der Waals surface area contributed by atoms with E-state index in [1.54, 1.807) is 11.3 Å². The van der Waals surface area contributed by atoms with Crippen LogP contribution in [0.4, 0.5) is 5.82 Å². The van der Waals surface area contributed by atoms with Gasteiger partial charge < -0.3 is 20.2 Å². The van der Waals surface area contributed by atoms with Crippen LogP contribution in [0.15, 0.2) is 36.8 Å². The molecular formula is C19H17N4O2S-. The van der Waals surface area contributed by atoms with Gasteiger partial charge in [-0.3, -0.25) is 0 Å². The first-order valence-corrected chi connectivity index (χ1v) is 9.09. The summed E-state index contributed by atoms with van der Waals surface area (Å²) >= 11 is 1.58. The van der Waals surface area contributed by atoms with Gasteiger partial charge in [-0.05, 0) is 31.0 Å². The molecule has 0 unspecified atom stereocenters. The van der Waals surface area contributed by atoms with Crippen LogP contribution in [-0.4, -0.2) is 27.0 Å². The molecule has 1 atom stereocenters. The number of thiophene rings is 1. The maximum atomic E-state index is 11.8. The molecule has 0 saturated heterocycles. The van der Waals surface area contributed by atoms with Crippen molar-refractivity contribution in [2.75, 3.05) is 5.32 Å². The zero-order valence-electron chi connectivity index (χ0n) is 14.4. The number of carboxylic acid groups (broad SMARTS) is 1. The minimum absolute atomic E-state index is 0.292. The van der Waals surface area contributed by atoms with Crippen LogP contribution < -0.4 is 10.4 Å². The predicted molar refractivity (Wildman–Crippen MR) is 101 cm³/mol. The fourth-order valence-corrected chi connectivity index (χ4v) is 4.17. The van der Waals surface area contributed by atoms with Crippen LogP contribution in [0.25, 0.3) is 21.1 Å². The molecule has 0 spiro atoms. The standard InChI is InChI=1S/C19H18N4O2S/c1-10-11(2)26-18-16(10)17(21-9-22-18)23-15(19(24)25)7-12-8-20-14-6-4-3-5-13(12)14/h3-6,8-9,15,20H,7H2,1-2H3,(H,24,25)(H,21,22,23)/p-1/t15-/m0/s1. The van der Waals surface area contributed by atoms with E-state index in [0.29, 0.717) is 12.2 Å². The summed E-state index contributed by atoms with van der Waals surface area (Å²) in [6.07, 6.45) is 3.59. The third kappa shape index (κ3) is 2.80. The summed E-state index contributed by atoms with van der Waals surface area (Å²) in [5, 5.41) is 16.7. The van der Waals surface area contributed by atoms with Crippen molar-refractivity contribution in [2.24, 2.45) is 0 Å². The number of H-pyrrole nitrogens is 1. The van der Waals surface area contributed by atoms with Crippen LogP contribution in [0.5, 0.6) is 0 Å². The number of rotatable bonds is 5. The van der Waals surface area contributed by atoms with Gasteiger partial charge in [0.05, 0.1) is 17.4 Å². The van der Waals surface area contributed by atoms with Gasteiger partial charge >= 0.3 is 0 Å². The van der Waals surface area contributed by atoms with Gasteiger partial charge in [0.2, 0.25) is 0 Å². The first kappa shape index (κ1) is 16.5. The number of fused-ring (bicyclic) bond motifs is 2. The van der Waals surface area contributed by atoms with Gasteiger partial charge in [0.1, 0.15) is 17.0 Å². The number of carboxylic acids is 1. The smallest absolute Gasteiger partial charge is 0.138 e. The number of benzene rings is 1. The third-order valence-corrected chi connectivity index (χ3v) is 5.78. The third-order valence-electron chi connectivity index (χ3n) is 4.66. The summed E-state index contributed by atoms with van der Waals surface area (Å²) in [7, 11) is 0. The Bertz CT molecular complexity index is 1120. The number of aromatic amines is 1. The molecule has 1 aromatic carbocycles. The number of nitrogens with zero attached hydrogens (tertiary/aromatic N) is 2. The lowest BCUT2D eigenvalue weighted by Gasteiger charge is -2.20. The number of carbonyl (C=O) groups excluding carboxylic acids is 1. The number of hydrogen-bond donors (Lipinski definition) is 2. The molecular weight excluding hydrogens is 348 g/mol. The van der Waals surface area contributed by atoms with Gasteiger partial charge in [-0.2, -0.15) is 0 Å². The average Bonchev–Trinajstić information content (AvgIpc) is 3.16. The Hall–Kier alpha value is -2.93. The van der Waals surface area contributed by atoms with E-state index >= 15 is 0 Å². The summed E-state index contributed by atoms with van der Waals surface area (Å²) in [5.41, 5.74) is 2.97. The summed E-state index contributed by atoms with van der Waals surface area (Å²) < 4.78 is 0. The molecule has 6 nitrogen and oxygen atoms in total. The van der Waals surface area contributed by atoms with Gasteiger partial charge in [-0.1, -0.05) is 18.2 Å². The summed E-state index contributed by atoms with van der Waals surface area (Å²) in [4.78, 5) is 25.5. The Morgan fingerprint density at radius 2 is 2.12 bits per heavy atom. The second-order valence-electron chi connectivity index (χ2n) is 6.27. The van der Waals surface area contributed by atoms with E-state index in [2.05, 4.69) is 20.3 Å². The van der Waals surface area contributed by atoms with E-state index in [1.807, 2.05) is 44.3 Å². The molecule has 0 aliphatic rings. The molecule has 7 heteroatoms. The molecule has 3 aromatic heterocycles. The summed E-state index contributed by atoms with van der Waals surface area (Å²) in [6.45, 7) is 4.02. The van der Waals surface area contributed by atoms with Crippen molar-refractivity contribution in [1.29, 1.82) is 0 Å². The van der Waals surface area contributed by atoms with E-state index < -0.39 is 12.0 Å². The molecule has 4 aromatic rings. The first-order valence-electron chi connectivity index (χ1n) is 8.27. The summed E-state index contributed by atoms with van der Waals surface area (Å²) in [5.74, 6) is -0.627. The van der Waals surface area contributed by atoms with Gasteiger partial charge in [0, 0.05) is 28.4 Å². The van der Waals surface area contributed by atoms with Crippen molar-refractivity contribution in [3.05, 3.63) is 52.8 Å². The number of carbonyl (C=O) groups is 1. The molecule has 132 valence electrons. The van der Waals surface area contributed by atoms with Crippen LogP contribution >= 0.6 is 11.3 Å². The second-order valence-corrected chi connectivity index (χ2v) is 7.47. The highest BCUT2D eigenvalue weighted by Crippen LogP contribution is 2.33. The number of aromatic nitrogens is 3. The van der Waals surface area contributed by atoms with Crippen molar-refractivity contribution in [2.45, 2.75) is 26.3 Å². The van der Waals surface area contributed by atoms with Crippen molar-refractivity contribution >= 4 is 44.2 Å². The van der Waals surface area contributed by atoms with Crippen LogP contribution in [-0.2, 0) is 11.2 Å². The number of aliphatic carboxylic acids is 1. The molecule has 26 heavy (non-hydrogen) atoms. The van der Waals surface area contributed by atoms with Gasteiger partial charge in [-0.25, -0.2) is 9.97 Å². The number of anilines is 1. The topological polar surface area (TPSA) is 93.7 Å². The molecule has 0 bridgehead atoms. The van der Waals surface area contributed by atoms with Crippen molar-refractivity contribution in [3.63, 3.8) is 0 Å². The maximum Gasteiger partial charge on any atom is 0.138 e. The highest BCUT2D eigenvalue weighted by Gasteiger charge is 2.18. The van der Waals surface area contributed by atoms with Gasteiger partial charge in [0.25, 0.3) is 0 Å². The molecule has 0 fully saturated rings. The Kier molecular flexibility index (Phi) is 4.08. The quantitative estimate of drug-likeness (QED) is 0.567. The van der Waals surface area contributed by atoms with Gasteiger partial charge in [-0.15, -0.1) is 11.3 Å². The van der Waals surface area contributed by atoms with Crippen LogP contribution in [0, 0.1) is 13.8 Å². The fourth-order valence-electron chi connectivity index (χ4n) is 3.17. The van der Waals surface area contributed by atoms with E-state index in [9.17, 15) is 9.90 Å². The molecule has 4 rings (SSSR count). The van der Waals surface area contributed by atoms with E-state index in [0.717, 1.165) is 37.1 Å². The average molecular weight is 365 g/mol. The van der Waals surface area contributed by atoms with Crippen molar-refractivity contribution < 1.29 is 9.90 Å². The molecule has 0 saturated carbocycles. The SMILES string of the molecule is Cc1sc2ncnc(N[C@@H](Cc3c[nH]c4ccccc34)C(=O)[O-])c2c1C. The van der Waals surface area contributed by atoms with Crippen LogP contribution in [0.2, 0.25) is 0 Å². The molecule has 0 amide bonds. The Morgan fingerprint density at radius 1 is 1.31 bits per heavy atom. The van der Waals surface area contributed by atoms with E-state index in [1.165, 1.54) is 6.33 Å². The molecule has 3 heterocycles. The van der Waals surface area contributed by atoms with Crippen molar-refractivity contribution in [1.82, 2.24) is 15.0 Å². The fraction of sp³-hybridized carbons (Fsp3) is 0.211. The lowest BCUT2D eigenvalue weighted by molar-refractivity contribution is -0.306. The first-order chi connectivity index (χ1) is 12.5. The Balaban J connectivity index is 1.69.